The number of carbonyl (C=O) groups excluding carboxylic acids is 1. The Labute approximate surface area is 51.9 Å². The SMILES string of the molecule is C[CH]C(=O)OP(=O)(O)O. The minimum absolute atomic E-state index is 0.916. The van der Waals surface area contributed by atoms with E-state index in [-0.39, 0.29) is 0 Å². The van der Waals surface area contributed by atoms with Gasteiger partial charge in [-0.15, -0.1) is 0 Å². The van der Waals surface area contributed by atoms with Gasteiger partial charge in [-0.05, 0) is 0 Å². The molecule has 0 heterocycles. The molecule has 0 unspecified atom stereocenters. The molecule has 0 saturated heterocycles. The van der Waals surface area contributed by atoms with E-state index < -0.39 is 13.8 Å². The molecule has 0 aliphatic carbocycles. The van der Waals surface area contributed by atoms with E-state index in [0.29, 0.717) is 0 Å². The van der Waals surface area contributed by atoms with Crippen molar-refractivity contribution < 1.29 is 23.7 Å². The quantitative estimate of drug-likeness (QED) is 0.538. The number of hydrogen-bond donors (Lipinski definition) is 2. The van der Waals surface area contributed by atoms with E-state index in [1.165, 1.54) is 6.92 Å². The summed E-state index contributed by atoms with van der Waals surface area (Å²) in [5.41, 5.74) is 0. The lowest BCUT2D eigenvalue weighted by Crippen LogP contribution is -1.99. The standard InChI is InChI=1S/C3H6O5P/c1-2-3(4)8-9(5,6)7/h2H,1H3,(H2,5,6,7). The maximum atomic E-state index is 10.1. The van der Waals surface area contributed by atoms with E-state index in [4.69, 9.17) is 9.79 Å². The van der Waals surface area contributed by atoms with E-state index in [0.717, 1.165) is 6.42 Å². The smallest absolute Gasteiger partial charge is 0.370 e. The average molecular weight is 153 g/mol. The van der Waals surface area contributed by atoms with Gasteiger partial charge in [-0.2, -0.15) is 0 Å². The summed E-state index contributed by atoms with van der Waals surface area (Å²) in [6, 6.07) is 0. The summed E-state index contributed by atoms with van der Waals surface area (Å²) < 4.78 is 13.4. The van der Waals surface area contributed by atoms with Crippen LogP contribution in [-0.4, -0.2) is 15.8 Å². The van der Waals surface area contributed by atoms with Gasteiger partial charge in [-0.25, -0.2) is 4.57 Å². The Morgan fingerprint density at radius 1 is 1.67 bits per heavy atom. The molecule has 6 heteroatoms. The number of phosphoric acid groups is 1. The molecule has 5 nitrogen and oxygen atoms in total. The molecule has 0 bridgehead atoms. The zero-order valence-electron chi connectivity index (χ0n) is 4.64. The van der Waals surface area contributed by atoms with Gasteiger partial charge in [0, 0.05) is 0 Å². The topological polar surface area (TPSA) is 83.8 Å². The van der Waals surface area contributed by atoms with Crippen LogP contribution in [0.5, 0.6) is 0 Å². The average Bonchev–Trinajstić information content (AvgIpc) is 1.62. The van der Waals surface area contributed by atoms with Crippen LogP contribution in [0.2, 0.25) is 0 Å². The van der Waals surface area contributed by atoms with Gasteiger partial charge in [0.05, 0.1) is 6.42 Å². The van der Waals surface area contributed by atoms with Gasteiger partial charge in [0.15, 0.2) is 0 Å². The highest BCUT2D eigenvalue weighted by Crippen LogP contribution is 2.35. The van der Waals surface area contributed by atoms with Crippen molar-refractivity contribution in [1.29, 1.82) is 0 Å². The molecular weight excluding hydrogens is 147 g/mol. The largest absolute Gasteiger partial charge is 0.526 e. The van der Waals surface area contributed by atoms with Gasteiger partial charge in [0.2, 0.25) is 0 Å². The van der Waals surface area contributed by atoms with Gasteiger partial charge in [-0.1, -0.05) is 6.92 Å². The minimum Gasteiger partial charge on any atom is -0.370 e. The predicted molar refractivity (Wildman–Crippen MR) is 28.1 cm³/mol. The van der Waals surface area contributed by atoms with Crippen LogP contribution >= 0.6 is 7.82 Å². The molecule has 1 radical (unpaired) electrons. The van der Waals surface area contributed by atoms with Crippen LogP contribution in [-0.2, 0) is 13.9 Å². The van der Waals surface area contributed by atoms with Crippen LogP contribution in [0.3, 0.4) is 0 Å². The summed E-state index contributed by atoms with van der Waals surface area (Å²) in [5, 5.41) is 0. The molecule has 0 aromatic carbocycles. The number of carbonyl (C=O) groups is 1. The molecule has 0 amide bonds. The lowest BCUT2D eigenvalue weighted by atomic mass is 10.5. The first-order valence-electron chi connectivity index (χ1n) is 2.04. The Morgan fingerprint density at radius 2 is 2.11 bits per heavy atom. The molecule has 0 aliphatic rings. The first-order valence-corrected chi connectivity index (χ1v) is 3.57. The third kappa shape index (κ3) is 5.49. The molecule has 0 atom stereocenters. The zero-order chi connectivity index (χ0) is 7.49. The van der Waals surface area contributed by atoms with Crippen molar-refractivity contribution >= 4 is 13.8 Å². The summed E-state index contributed by atoms with van der Waals surface area (Å²) in [4.78, 5) is 26.0. The van der Waals surface area contributed by atoms with Crippen LogP contribution in [0.25, 0.3) is 0 Å². The second-order valence-corrected chi connectivity index (χ2v) is 2.35. The predicted octanol–water partition coefficient (Wildman–Crippen LogP) is -0.154. The highest BCUT2D eigenvalue weighted by molar-refractivity contribution is 7.46. The molecule has 0 aliphatic heterocycles. The van der Waals surface area contributed by atoms with Crippen molar-refractivity contribution in [2.45, 2.75) is 6.92 Å². The minimum atomic E-state index is -4.62. The van der Waals surface area contributed by atoms with Gasteiger partial charge in [0.25, 0.3) is 0 Å². The molecule has 0 saturated carbocycles. The number of hydrogen-bond acceptors (Lipinski definition) is 3. The van der Waals surface area contributed by atoms with E-state index in [9.17, 15) is 9.36 Å². The van der Waals surface area contributed by atoms with Crippen molar-refractivity contribution in [3.63, 3.8) is 0 Å². The second-order valence-electron chi connectivity index (χ2n) is 1.19. The van der Waals surface area contributed by atoms with Crippen molar-refractivity contribution in [3.8, 4) is 0 Å². The molecule has 0 aromatic rings. The normalized spacial score (nSPS) is 11.0. The highest BCUT2D eigenvalue weighted by atomic mass is 31.2. The van der Waals surface area contributed by atoms with Gasteiger partial charge >= 0.3 is 13.8 Å². The Hall–Kier alpha value is -0.380. The third-order valence-electron chi connectivity index (χ3n) is 0.445. The summed E-state index contributed by atoms with van der Waals surface area (Å²) in [6.07, 6.45) is 0.916. The van der Waals surface area contributed by atoms with Crippen LogP contribution in [0.4, 0.5) is 0 Å². The Morgan fingerprint density at radius 3 is 2.22 bits per heavy atom. The van der Waals surface area contributed by atoms with Crippen LogP contribution in [0.15, 0.2) is 0 Å². The molecule has 2 N–H and O–H groups in total. The lowest BCUT2D eigenvalue weighted by Gasteiger charge is -2.00. The molecule has 0 rings (SSSR count). The van der Waals surface area contributed by atoms with Crippen LogP contribution in [0, 0.1) is 6.42 Å². The first kappa shape index (κ1) is 8.62. The van der Waals surface area contributed by atoms with E-state index >= 15 is 0 Å². The molecule has 0 aromatic heterocycles. The monoisotopic (exact) mass is 153 g/mol. The highest BCUT2D eigenvalue weighted by Gasteiger charge is 2.18. The van der Waals surface area contributed by atoms with Crippen LogP contribution in [0.1, 0.15) is 6.92 Å². The molecule has 0 spiro atoms. The van der Waals surface area contributed by atoms with E-state index in [1.54, 1.807) is 0 Å². The van der Waals surface area contributed by atoms with Crippen molar-refractivity contribution in [2.75, 3.05) is 0 Å². The fraction of sp³-hybridized carbons (Fsp3) is 0.333. The first-order chi connectivity index (χ1) is 3.95. The fourth-order valence-corrected chi connectivity index (χ4v) is 0.510. The van der Waals surface area contributed by atoms with Crippen molar-refractivity contribution in [2.24, 2.45) is 0 Å². The fourth-order valence-electron chi connectivity index (χ4n) is 0.170. The second kappa shape index (κ2) is 2.96. The molecule has 9 heavy (non-hydrogen) atoms. The van der Waals surface area contributed by atoms with Crippen molar-refractivity contribution in [3.05, 3.63) is 6.42 Å². The maximum absolute atomic E-state index is 10.1. The van der Waals surface area contributed by atoms with Gasteiger partial charge < -0.3 is 4.52 Å². The zero-order valence-corrected chi connectivity index (χ0v) is 5.54. The Kier molecular flexibility index (Phi) is 2.84. The molecule has 0 fully saturated rings. The van der Waals surface area contributed by atoms with Crippen LogP contribution < -0.4 is 0 Å². The number of rotatable bonds is 2. The van der Waals surface area contributed by atoms with Crippen molar-refractivity contribution in [1.82, 2.24) is 0 Å². The van der Waals surface area contributed by atoms with E-state index in [1.807, 2.05) is 0 Å². The van der Waals surface area contributed by atoms with Gasteiger partial charge in [0.1, 0.15) is 0 Å². The Bertz CT molecular complexity index is 146. The summed E-state index contributed by atoms with van der Waals surface area (Å²) >= 11 is 0. The molecule has 53 valence electrons. The number of phosphoric ester groups is 1. The lowest BCUT2D eigenvalue weighted by molar-refractivity contribution is -0.131. The van der Waals surface area contributed by atoms with Gasteiger partial charge in [-0.3, -0.25) is 14.6 Å². The van der Waals surface area contributed by atoms with E-state index in [2.05, 4.69) is 4.52 Å². The maximum Gasteiger partial charge on any atom is 0.526 e. The summed E-state index contributed by atoms with van der Waals surface area (Å²) in [6.45, 7) is 1.32. The Balaban J connectivity index is 3.75. The molecular formula is C3H6O5P. The summed E-state index contributed by atoms with van der Waals surface area (Å²) in [7, 11) is -4.62. The summed E-state index contributed by atoms with van der Waals surface area (Å²) in [5.74, 6) is -1.02. The third-order valence-corrected chi connectivity index (χ3v) is 0.862.